The van der Waals surface area contributed by atoms with Gasteiger partial charge in [-0.25, -0.2) is 4.39 Å². The van der Waals surface area contributed by atoms with Crippen LogP contribution in [0.2, 0.25) is 5.02 Å². The zero-order valence-corrected chi connectivity index (χ0v) is 9.62. The molecule has 0 radical (unpaired) electrons. The molecule has 1 rings (SSSR count). The van der Waals surface area contributed by atoms with Gasteiger partial charge in [0, 0.05) is 4.47 Å². The van der Waals surface area contributed by atoms with Gasteiger partial charge in [-0.3, -0.25) is 0 Å². The van der Waals surface area contributed by atoms with Crippen LogP contribution in [-0.4, -0.2) is 6.10 Å². The molecule has 0 aliphatic carbocycles. The maximum atomic E-state index is 13.2. The maximum absolute atomic E-state index is 13.2. The SMILES string of the molecule is CC(C)Oc1c(F)ccc(Br)c1Cl. The highest BCUT2D eigenvalue weighted by Crippen LogP contribution is 2.34. The average Bonchev–Trinajstić information content (AvgIpc) is 2.05. The summed E-state index contributed by atoms with van der Waals surface area (Å²) in [5.41, 5.74) is 0. The normalized spacial score (nSPS) is 10.6. The van der Waals surface area contributed by atoms with E-state index in [4.69, 9.17) is 16.3 Å². The summed E-state index contributed by atoms with van der Waals surface area (Å²) in [5.74, 6) is -0.340. The van der Waals surface area contributed by atoms with Crippen LogP contribution in [0, 0.1) is 5.82 Å². The molecule has 1 aromatic rings. The maximum Gasteiger partial charge on any atom is 0.175 e. The van der Waals surface area contributed by atoms with Crippen molar-refractivity contribution in [1.82, 2.24) is 0 Å². The summed E-state index contributed by atoms with van der Waals surface area (Å²) in [6, 6.07) is 2.86. The van der Waals surface area contributed by atoms with Crippen molar-refractivity contribution in [3.63, 3.8) is 0 Å². The molecule has 0 aliphatic heterocycles. The summed E-state index contributed by atoms with van der Waals surface area (Å²) < 4.78 is 19.0. The van der Waals surface area contributed by atoms with E-state index in [1.807, 2.05) is 13.8 Å². The zero-order valence-electron chi connectivity index (χ0n) is 7.27. The predicted octanol–water partition coefficient (Wildman–Crippen LogP) is 4.03. The quantitative estimate of drug-likeness (QED) is 0.735. The first kappa shape index (κ1) is 10.8. The smallest absolute Gasteiger partial charge is 0.175 e. The molecule has 0 atom stereocenters. The Labute approximate surface area is 90.0 Å². The number of halogens is 3. The summed E-state index contributed by atoms with van der Waals surface area (Å²) >= 11 is 9.02. The number of rotatable bonds is 2. The van der Waals surface area contributed by atoms with Crippen LogP contribution in [0.15, 0.2) is 16.6 Å². The molecule has 0 bridgehead atoms. The van der Waals surface area contributed by atoms with Crippen LogP contribution in [0.1, 0.15) is 13.8 Å². The minimum absolute atomic E-state index is 0.0960. The standard InChI is InChI=1S/C9H9BrClFO/c1-5(2)13-9-7(12)4-3-6(10)8(9)11/h3-5H,1-2H3. The molecule has 4 heteroatoms. The molecular weight excluding hydrogens is 258 g/mol. The first-order valence-corrected chi connectivity index (χ1v) is 4.99. The topological polar surface area (TPSA) is 9.23 Å². The zero-order chi connectivity index (χ0) is 10.0. The van der Waals surface area contributed by atoms with Crippen molar-refractivity contribution in [3.05, 3.63) is 27.4 Å². The second-order valence-corrected chi connectivity index (χ2v) is 4.07. The Bertz CT molecular complexity index is 315. The Balaban J connectivity index is 3.10. The van der Waals surface area contributed by atoms with Crippen molar-refractivity contribution >= 4 is 27.5 Å². The molecule has 0 saturated carbocycles. The molecule has 0 aliphatic rings. The van der Waals surface area contributed by atoms with Crippen molar-refractivity contribution in [2.45, 2.75) is 20.0 Å². The molecule has 0 heterocycles. The minimum Gasteiger partial charge on any atom is -0.486 e. The predicted molar refractivity (Wildman–Crippen MR) is 54.9 cm³/mol. The van der Waals surface area contributed by atoms with Crippen molar-refractivity contribution in [1.29, 1.82) is 0 Å². The highest BCUT2D eigenvalue weighted by molar-refractivity contribution is 9.10. The van der Waals surface area contributed by atoms with E-state index in [0.717, 1.165) is 0 Å². The van der Waals surface area contributed by atoms with Crippen molar-refractivity contribution in [2.24, 2.45) is 0 Å². The first-order valence-electron chi connectivity index (χ1n) is 3.82. The molecule has 0 amide bonds. The Morgan fingerprint density at radius 3 is 2.62 bits per heavy atom. The molecule has 0 saturated heterocycles. The summed E-state index contributed by atoms with van der Waals surface area (Å²) in [7, 11) is 0. The van der Waals surface area contributed by atoms with Gasteiger partial charge in [-0.2, -0.15) is 0 Å². The van der Waals surface area contributed by atoms with E-state index in [1.165, 1.54) is 6.07 Å². The third-order valence-electron chi connectivity index (χ3n) is 1.36. The molecule has 0 unspecified atom stereocenters. The molecule has 1 nitrogen and oxygen atoms in total. The molecule has 1 aromatic carbocycles. The lowest BCUT2D eigenvalue weighted by atomic mass is 10.3. The fourth-order valence-corrected chi connectivity index (χ4v) is 1.36. The molecule has 72 valence electrons. The van der Waals surface area contributed by atoms with E-state index >= 15 is 0 Å². The molecular formula is C9H9BrClFO. The van der Waals surface area contributed by atoms with E-state index in [-0.39, 0.29) is 16.9 Å². The largest absolute Gasteiger partial charge is 0.486 e. The van der Waals surface area contributed by atoms with Gasteiger partial charge in [-0.15, -0.1) is 0 Å². The van der Waals surface area contributed by atoms with Gasteiger partial charge < -0.3 is 4.74 Å². The van der Waals surface area contributed by atoms with Crippen LogP contribution in [-0.2, 0) is 0 Å². The van der Waals surface area contributed by atoms with E-state index in [1.54, 1.807) is 6.07 Å². The number of hydrogen-bond donors (Lipinski definition) is 0. The van der Waals surface area contributed by atoms with Crippen LogP contribution in [0.5, 0.6) is 5.75 Å². The van der Waals surface area contributed by atoms with Gasteiger partial charge in [0.2, 0.25) is 0 Å². The highest BCUT2D eigenvalue weighted by Gasteiger charge is 2.12. The van der Waals surface area contributed by atoms with E-state index < -0.39 is 5.82 Å². The van der Waals surface area contributed by atoms with Gasteiger partial charge in [-0.1, -0.05) is 11.6 Å². The highest BCUT2D eigenvalue weighted by atomic mass is 79.9. The molecule has 0 fully saturated rings. The van der Waals surface area contributed by atoms with Gasteiger partial charge in [0.05, 0.1) is 11.1 Å². The average molecular weight is 268 g/mol. The molecule has 13 heavy (non-hydrogen) atoms. The number of benzene rings is 1. The Kier molecular flexibility index (Phi) is 3.56. The fraction of sp³-hybridized carbons (Fsp3) is 0.333. The number of hydrogen-bond acceptors (Lipinski definition) is 1. The fourth-order valence-electron chi connectivity index (χ4n) is 0.852. The Morgan fingerprint density at radius 2 is 2.08 bits per heavy atom. The van der Waals surface area contributed by atoms with Crippen molar-refractivity contribution in [3.8, 4) is 5.75 Å². The van der Waals surface area contributed by atoms with Gasteiger partial charge in [-0.05, 0) is 41.9 Å². The van der Waals surface area contributed by atoms with Crippen molar-refractivity contribution < 1.29 is 9.13 Å². The summed E-state index contributed by atoms with van der Waals surface area (Å²) in [5, 5.41) is 0.272. The van der Waals surface area contributed by atoms with Crippen LogP contribution in [0.3, 0.4) is 0 Å². The Morgan fingerprint density at radius 1 is 1.46 bits per heavy atom. The van der Waals surface area contributed by atoms with E-state index in [2.05, 4.69) is 15.9 Å². The van der Waals surface area contributed by atoms with Crippen molar-refractivity contribution in [2.75, 3.05) is 0 Å². The second kappa shape index (κ2) is 4.29. The number of ether oxygens (including phenoxy) is 1. The Hall–Kier alpha value is -0.280. The summed E-state index contributed by atoms with van der Waals surface area (Å²) in [6.45, 7) is 3.63. The van der Waals surface area contributed by atoms with E-state index in [9.17, 15) is 4.39 Å². The summed E-state index contributed by atoms with van der Waals surface area (Å²) in [4.78, 5) is 0. The van der Waals surface area contributed by atoms with Gasteiger partial charge in [0.15, 0.2) is 11.6 Å². The third-order valence-corrected chi connectivity index (χ3v) is 2.62. The first-order chi connectivity index (χ1) is 6.02. The van der Waals surface area contributed by atoms with E-state index in [0.29, 0.717) is 4.47 Å². The van der Waals surface area contributed by atoms with Crippen LogP contribution in [0.25, 0.3) is 0 Å². The van der Waals surface area contributed by atoms with Crippen LogP contribution >= 0.6 is 27.5 Å². The molecule has 0 N–H and O–H groups in total. The monoisotopic (exact) mass is 266 g/mol. The lowest BCUT2D eigenvalue weighted by Gasteiger charge is -2.12. The summed E-state index contributed by atoms with van der Waals surface area (Å²) in [6.07, 6.45) is -0.0960. The van der Waals surface area contributed by atoms with Gasteiger partial charge in [0.25, 0.3) is 0 Å². The van der Waals surface area contributed by atoms with Crippen LogP contribution < -0.4 is 4.74 Å². The minimum atomic E-state index is -0.443. The molecule has 0 aromatic heterocycles. The van der Waals surface area contributed by atoms with Crippen LogP contribution in [0.4, 0.5) is 4.39 Å². The molecule has 0 spiro atoms. The third kappa shape index (κ3) is 2.58. The van der Waals surface area contributed by atoms with Gasteiger partial charge >= 0.3 is 0 Å². The second-order valence-electron chi connectivity index (χ2n) is 2.84. The lowest BCUT2D eigenvalue weighted by molar-refractivity contribution is 0.231. The van der Waals surface area contributed by atoms with Gasteiger partial charge in [0.1, 0.15) is 0 Å². The lowest BCUT2D eigenvalue weighted by Crippen LogP contribution is -2.07.